The van der Waals surface area contributed by atoms with Gasteiger partial charge in [-0.05, 0) is 74.3 Å². The number of nitrogens with one attached hydrogen (secondary N) is 2. The molecule has 3 aromatic carbocycles. The second kappa shape index (κ2) is 10.6. The molecule has 0 unspecified atom stereocenters. The molecule has 0 spiro atoms. The third-order valence-electron chi connectivity index (χ3n) is 5.88. The fourth-order valence-corrected chi connectivity index (χ4v) is 5.25. The van der Waals surface area contributed by atoms with E-state index in [0.29, 0.717) is 6.54 Å². The van der Waals surface area contributed by atoms with Crippen molar-refractivity contribution < 1.29 is 13.2 Å². The number of hydrogen-bond donors (Lipinski definition) is 2. The zero-order valence-corrected chi connectivity index (χ0v) is 20.6. The Balaban J connectivity index is 1.35. The Bertz CT molecular complexity index is 1250. The van der Waals surface area contributed by atoms with Crippen LogP contribution in [0.1, 0.15) is 39.9 Å². The molecule has 0 bridgehead atoms. The zero-order valence-electron chi connectivity index (χ0n) is 19.1. The predicted molar refractivity (Wildman–Crippen MR) is 136 cm³/mol. The average molecular weight is 498 g/mol. The van der Waals surface area contributed by atoms with Crippen molar-refractivity contribution in [3.8, 4) is 0 Å². The number of amides is 1. The summed E-state index contributed by atoms with van der Waals surface area (Å²) in [5, 5.41) is 3.04. The summed E-state index contributed by atoms with van der Waals surface area (Å²) in [6, 6.07) is 19.3. The number of sulfonamides is 1. The highest BCUT2D eigenvalue weighted by Gasteiger charge is 2.16. The largest absolute Gasteiger partial charge is 0.348 e. The van der Waals surface area contributed by atoms with Gasteiger partial charge in [-0.15, -0.1) is 0 Å². The highest BCUT2D eigenvalue weighted by atomic mass is 35.5. The normalized spacial score (nSPS) is 14.2. The van der Waals surface area contributed by atoms with Crippen molar-refractivity contribution in [1.29, 1.82) is 0 Å². The molecule has 1 saturated heterocycles. The van der Waals surface area contributed by atoms with E-state index in [0.717, 1.165) is 30.8 Å². The van der Waals surface area contributed by atoms with Crippen LogP contribution in [0, 0.1) is 6.92 Å². The summed E-state index contributed by atoms with van der Waals surface area (Å²) in [4.78, 5) is 15.2. The second-order valence-corrected chi connectivity index (χ2v) is 10.7. The number of likely N-dealkylation sites (tertiary alicyclic amines) is 1. The number of anilines is 1. The van der Waals surface area contributed by atoms with E-state index in [1.54, 1.807) is 24.3 Å². The minimum absolute atomic E-state index is 0.155. The molecular formula is C26H28ClN3O3S. The summed E-state index contributed by atoms with van der Waals surface area (Å²) in [6.45, 7) is 5.54. The Kier molecular flexibility index (Phi) is 7.56. The van der Waals surface area contributed by atoms with Crippen LogP contribution in [0.15, 0.2) is 71.6 Å². The molecule has 1 aliphatic heterocycles. The van der Waals surface area contributed by atoms with Crippen molar-refractivity contribution in [2.75, 3.05) is 17.8 Å². The van der Waals surface area contributed by atoms with E-state index in [9.17, 15) is 13.2 Å². The Morgan fingerprint density at radius 3 is 2.24 bits per heavy atom. The summed E-state index contributed by atoms with van der Waals surface area (Å²) in [6.07, 6.45) is 2.54. The summed E-state index contributed by atoms with van der Waals surface area (Å²) in [7, 11) is -3.75. The van der Waals surface area contributed by atoms with Gasteiger partial charge in [0.25, 0.3) is 15.9 Å². The second-order valence-electron chi connectivity index (χ2n) is 8.60. The van der Waals surface area contributed by atoms with E-state index < -0.39 is 10.0 Å². The maximum Gasteiger partial charge on any atom is 0.261 e. The molecule has 1 aliphatic rings. The van der Waals surface area contributed by atoms with Crippen molar-refractivity contribution in [1.82, 2.24) is 10.2 Å². The van der Waals surface area contributed by atoms with E-state index in [2.05, 4.69) is 27.1 Å². The van der Waals surface area contributed by atoms with Crippen LogP contribution in [-0.2, 0) is 23.1 Å². The number of carbonyl (C=O) groups is 1. The number of rotatable bonds is 8. The van der Waals surface area contributed by atoms with Gasteiger partial charge >= 0.3 is 0 Å². The van der Waals surface area contributed by atoms with Gasteiger partial charge in [-0.2, -0.15) is 0 Å². The Morgan fingerprint density at radius 1 is 0.941 bits per heavy atom. The maximum atomic E-state index is 12.6. The number of carbonyl (C=O) groups excluding carboxylic acids is 1. The van der Waals surface area contributed by atoms with E-state index in [1.165, 1.54) is 36.6 Å². The van der Waals surface area contributed by atoms with Crippen molar-refractivity contribution in [3.05, 3.63) is 94.0 Å². The van der Waals surface area contributed by atoms with Crippen molar-refractivity contribution in [2.45, 2.75) is 37.8 Å². The first kappa shape index (κ1) is 24.3. The lowest BCUT2D eigenvalue weighted by molar-refractivity contribution is 0.0951. The molecule has 4 rings (SSSR count). The lowest BCUT2D eigenvalue weighted by atomic mass is 10.1. The first-order chi connectivity index (χ1) is 16.3. The van der Waals surface area contributed by atoms with E-state index in [4.69, 9.17) is 11.6 Å². The standard InChI is InChI=1S/C26H28ClN3O3S/c1-19-4-11-23(12-5-19)34(32,33)29-22-10-13-24(25(27)16-22)26(31)28-17-20-6-8-21(9-7-20)18-30-14-2-3-15-30/h4-13,16,29H,2-3,14-15,17-18H2,1H3,(H,28,31). The van der Waals surface area contributed by atoms with Crippen LogP contribution >= 0.6 is 11.6 Å². The lowest BCUT2D eigenvalue weighted by Crippen LogP contribution is -2.23. The van der Waals surface area contributed by atoms with Gasteiger partial charge in [0.15, 0.2) is 0 Å². The molecule has 0 atom stereocenters. The molecule has 178 valence electrons. The molecule has 0 aliphatic carbocycles. The zero-order chi connectivity index (χ0) is 24.1. The number of hydrogen-bond acceptors (Lipinski definition) is 4. The molecule has 2 N–H and O–H groups in total. The molecule has 1 amide bonds. The van der Waals surface area contributed by atoms with Gasteiger partial charge in [-0.25, -0.2) is 8.42 Å². The lowest BCUT2D eigenvalue weighted by Gasteiger charge is -2.15. The fourth-order valence-electron chi connectivity index (χ4n) is 3.93. The van der Waals surface area contributed by atoms with E-state index in [-0.39, 0.29) is 27.1 Å². The van der Waals surface area contributed by atoms with Gasteiger partial charge in [0.1, 0.15) is 0 Å². The highest BCUT2D eigenvalue weighted by Crippen LogP contribution is 2.24. The topological polar surface area (TPSA) is 78.5 Å². The van der Waals surface area contributed by atoms with Crippen LogP contribution in [-0.4, -0.2) is 32.3 Å². The van der Waals surface area contributed by atoms with Crippen LogP contribution in [0.25, 0.3) is 0 Å². The Morgan fingerprint density at radius 2 is 1.59 bits per heavy atom. The van der Waals surface area contributed by atoms with Crippen LogP contribution in [0.3, 0.4) is 0 Å². The first-order valence-corrected chi connectivity index (χ1v) is 13.1. The van der Waals surface area contributed by atoms with Crippen LogP contribution < -0.4 is 10.0 Å². The van der Waals surface area contributed by atoms with Crippen LogP contribution in [0.2, 0.25) is 5.02 Å². The highest BCUT2D eigenvalue weighted by molar-refractivity contribution is 7.92. The van der Waals surface area contributed by atoms with E-state index >= 15 is 0 Å². The molecule has 0 aromatic heterocycles. The quantitative estimate of drug-likeness (QED) is 0.460. The summed E-state index contributed by atoms with van der Waals surface area (Å²) in [5.74, 6) is -0.320. The van der Waals surface area contributed by atoms with Gasteiger partial charge < -0.3 is 5.32 Å². The SMILES string of the molecule is Cc1ccc(S(=O)(=O)Nc2ccc(C(=O)NCc3ccc(CN4CCCC4)cc3)c(Cl)c2)cc1. The smallest absolute Gasteiger partial charge is 0.261 e. The van der Waals surface area contributed by atoms with Gasteiger partial charge in [0, 0.05) is 13.1 Å². The Labute approximate surface area is 206 Å². The van der Waals surface area contributed by atoms with Gasteiger partial charge in [0.2, 0.25) is 0 Å². The molecule has 1 heterocycles. The molecule has 8 heteroatoms. The minimum atomic E-state index is -3.75. The van der Waals surface area contributed by atoms with Crippen molar-refractivity contribution in [2.24, 2.45) is 0 Å². The molecule has 34 heavy (non-hydrogen) atoms. The molecule has 6 nitrogen and oxygen atoms in total. The molecule has 3 aromatic rings. The predicted octanol–water partition coefficient (Wildman–Crippen LogP) is 4.98. The molecule has 1 fully saturated rings. The molecule has 0 radical (unpaired) electrons. The number of halogens is 1. The van der Waals surface area contributed by atoms with Gasteiger partial charge in [-0.3, -0.25) is 14.4 Å². The summed E-state index contributed by atoms with van der Waals surface area (Å²) in [5.41, 5.74) is 3.80. The summed E-state index contributed by atoms with van der Waals surface area (Å²) >= 11 is 6.30. The Hall–Kier alpha value is -2.87. The number of nitrogens with zero attached hydrogens (tertiary/aromatic N) is 1. The maximum absolute atomic E-state index is 12.6. The molecular weight excluding hydrogens is 470 g/mol. The van der Waals surface area contributed by atoms with Gasteiger partial charge in [0.05, 0.1) is 21.2 Å². The average Bonchev–Trinajstić information content (AvgIpc) is 3.31. The number of benzene rings is 3. The van der Waals surface area contributed by atoms with Crippen molar-refractivity contribution >= 4 is 33.2 Å². The monoisotopic (exact) mass is 497 g/mol. The fraction of sp³-hybridized carbons (Fsp3) is 0.269. The summed E-state index contributed by atoms with van der Waals surface area (Å²) < 4.78 is 27.7. The third kappa shape index (κ3) is 6.17. The van der Waals surface area contributed by atoms with E-state index in [1.807, 2.05) is 19.1 Å². The third-order valence-corrected chi connectivity index (χ3v) is 7.59. The molecule has 0 saturated carbocycles. The van der Waals surface area contributed by atoms with Crippen LogP contribution in [0.4, 0.5) is 5.69 Å². The number of aryl methyl sites for hydroxylation is 1. The van der Waals surface area contributed by atoms with Crippen LogP contribution in [0.5, 0.6) is 0 Å². The van der Waals surface area contributed by atoms with Gasteiger partial charge in [-0.1, -0.05) is 53.6 Å². The minimum Gasteiger partial charge on any atom is -0.348 e. The van der Waals surface area contributed by atoms with Crippen molar-refractivity contribution in [3.63, 3.8) is 0 Å². The first-order valence-electron chi connectivity index (χ1n) is 11.3.